The number of aliphatic hydroxyl groups is 5. The maximum atomic E-state index is 13.0. The van der Waals surface area contributed by atoms with E-state index < -0.39 is 49.5 Å². The third-order valence-corrected chi connectivity index (χ3v) is 12.0. The van der Waals surface area contributed by atoms with E-state index in [1.54, 1.807) is 0 Å². The van der Waals surface area contributed by atoms with E-state index >= 15 is 0 Å². The molecule has 9 nitrogen and oxygen atoms in total. The molecule has 9 heteroatoms. The molecule has 0 bridgehead atoms. The molecule has 0 aliphatic carbocycles. The molecule has 7 atom stereocenters. The first kappa shape index (κ1) is 53.2. The lowest BCUT2D eigenvalue weighted by atomic mass is 9.99. The van der Waals surface area contributed by atoms with Crippen LogP contribution in [-0.2, 0) is 14.3 Å². The Bertz CT molecular complexity index is 847. The Morgan fingerprint density at radius 3 is 1.27 bits per heavy atom. The largest absolute Gasteiger partial charge is 0.394 e. The quantitative estimate of drug-likeness (QED) is 0.0335. The van der Waals surface area contributed by atoms with Gasteiger partial charge in [0.05, 0.1) is 25.4 Å². The van der Waals surface area contributed by atoms with Crippen LogP contribution < -0.4 is 5.32 Å². The smallest absolute Gasteiger partial charge is 0.220 e. The molecule has 1 aliphatic rings. The van der Waals surface area contributed by atoms with Crippen LogP contribution in [0.25, 0.3) is 0 Å². The maximum Gasteiger partial charge on any atom is 0.220 e. The standard InChI is InChI=1S/C47H93NO8/c1-3-5-7-9-11-13-15-17-19-20-21-22-23-25-27-29-31-33-35-37-43(51)48-40(39-55-47-46(54)45(53)44(52)42(38-49)56-47)41(50)36-34-32-30-28-26-24-18-16-14-12-10-8-6-4-2/h40-42,44-47,49-50,52-54H,3-39H2,1-2H3,(H,48,51)/t40-,41+,42+,44-,45?,46?,47+/m0/s1. The van der Waals surface area contributed by atoms with Crippen LogP contribution >= 0.6 is 0 Å². The molecule has 0 radical (unpaired) electrons. The lowest BCUT2D eigenvalue weighted by molar-refractivity contribution is -0.302. The Balaban J connectivity index is 2.27. The lowest BCUT2D eigenvalue weighted by Crippen LogP contribution is -2.60. The summed E-state index contributed by atoms with van der Waals surface area (Å²) >= 11 is 0. The van der Waals surface area contributed by atoms with E-state index in [9.17, 15) is 30.3 Å². The van der Waals surface area contributed by atoms with Crippen LogP contribution in [-0.4, -0.2) is 87.5 Å². The number of hydrogen-bond acceptors (Lipinski definition) is 8. The molecule has 1 heterocycles. The number of carbonyl (C=O) groups is 1. The minimum absolute atomic E-state index is 0.132. The number of rotatable bonds is 41. The van der Waals surface area contributed by atoms with E-state index in [1.165, 1.54) is 173 Å². The van der Waals surface area contributed by atoms with E-state index in [0.717, 1.165) is 38.5 Å². The summed E-state index contributed by atoms with van der Waals surface area (Å²) in [4.78, 5) is 13.0. The zero-order valence-electron chi connectivity index (χ0n) is 36.7. The zero-order chi connectivity index (χ0) is 40.9. The highest BCUT2D eigenvalue weighted by Crippen LogP contribution is 2.23. The van der Waals surface area contributed by atoms with Crippen molar-refractivity contribution < 1.29 is 39.8 Å². The summed E-state index contributed by atoms with van der Waals surface area (Å²) < 4.78 is 11.3. The van der Waals surface area contributed by atoms with Crippen molar-refractivity contribution in [3.05, 3.63) is 0 Å². The average molecular weight is 800 g/mol. The molecule has 1 saturated heterocycles. The van der Waals surface area contributed by atoms with Crippen LogP contribution in [0.5, 0.6) is 0 Å². The van der Waals surface area contributed by atoms with Crippen LogP contribution in [0.1, 0.15) is 239 Å². The zero-order valence-corrected chi connectivity index (χ0v) is 36.7. The van der Waals surface area contributed by atoms with Crippen molar-refractivity contribution in [2.24, 2.45) is 0 Å². The summed E-state index contributed by atoms with van der Waals surface area (Å²) in [5, 5.41) is 54.4. The molecule has 1 amide bonds. The van der Waals surface area contributed by atoms with Gasteiger partial charge in [-0.05, 0) is 12.8 Å². The predicted molar refractivity (Wildman–Crippen MR) is 231 cm³/mol. The van der Waals surface area contributed by atoms with Crippen molar-refractivity contribution in [2.75, 3.05) is 13.2 Å². The first-order valence-corrected chi connectivity index (χ1v) is 24.2. The molecule has 2 unspecified atom stereocenters. The Kier molecular flexibility index (Phi) is 36.5. The van der Waals surface area contributed by atoms with Gasteiger partial charge < -0.3 is 40.3 Å². The van der Waals surface area contributed by atoms with E-state index in [-0.39, 0.29) is 12.5 Å². The molecular formula is C47H93NO8. The molecule has 1 rings (SSSR count). The Labute approximate surface area is 344 Å². The number of unbranched alkanes of at least 4 members (excludes halogenated alkanes) is 31. The van der Waals surface area contributed by atoms with Gasteiger partial charge in [-0.25, -0.2) is 0 Å². The topological polar surface area (TPSA) is 149 Å². The van der Waals surface area contributed by atoms with E-state index in [1.807, 2.05) is 0 Å². The minimum Gasteiger partial charge on any atom is -0.394 e. The van der Waals surface area contributed by atoms with Gasteiger partial charge in [0.2, 0.25) is 5.91 Å². The predicted octanol–water partition coefficient (Wildman–Crippen LogP) is 10.3. The molecule has 1 aliphatic heterocycles. The molecule has 0 aromatic rings. The summed E-state index contributed by atoms with van der Waals surface area (Å²) in [6.45, 7) is 3.85. The molecular weight excluding hydrogens is 707 g/mol. The highest BCUT2D eigenvalue weighted by atomic mass is 16.7. The lowest BCUT2D eigenvalue weighted by Gasteiger charge is -2.40. The molecule has 334 valence electrons. The molecule has 56 heavy (non-hydrogen) atoms. The van der Waals surface area contributed by atoms with Gasteiger partial charge in [-0.3, -0.25) is 4.79 Å². The van der Waals surface area contributed by atoms with Gasteiger partial charge in [0.15, 0.2) is 6.29 Å². The van der Waals surface area contributed by atoms with Gasteiger partial charge in [0, 0.05) is 6.42 Å². The van der Waals surface area contributed by atoms with Crippen LogP contribution in [0.15, 0.2) is 0 Å². The maximum absolute atomic E-state index is 13.0. The summed E-state index contributed by atoms with van der Waals surface area (Å²) in [6.07, 6.45) is 35.4. The summed E-state index contributed by atoms with van der Waals surface area (Å²) in [5.41, 5.74) is 0. The number of carbonyl (C=O) groups excluding carboxylic acids is 1. The molecule has 0 aromatic carbocycles. The summed E-state index contributed by atoms with van der Waals surface area (Å²) in [6, 6.07) is -0.711. The number of nitrogens with one attached hydrogen (secondary N) is 1. The van der Waals surface area contributed by atoms with Crippen molar-refractivity contribution in [3.8, 4) is 0 Å². The van der Waals surface area contributed by atoms with Crippen LogP contribution in [0.4, 0.5) is 0 Å². The third kappa shape index (κ3) is 28.6. The van der Waals surface area contributed by atoms with E-state index in [4.69, 9.17) is 9.47 Å². The first-order chi connectivity index (χ1) is 27.3. The number of amides is 1. The SMILES string of the molecule is CCCCCCCCCCCCCCCCCCCCCC(=O)N[C@@H](CO[C@@H]1O[C@H](CO)[C@H](O)C(O)C1O)[C@H](O)CCCCCCCCCCCCCCCC. The highest BCUT2D eigenvalue weighted by Gasteiger charge is 2.44. The Morgan fingerprint density at radius 1 is 0.536 bits per heavy atom. The van der Waals surface area contributed by atoms with Crippen LogP contribution in [0.2, 0.25) is 0 Å². The van der Waals surface area contributed by atoms with Crippen LogP contribution in [0.3, 0.4) is 0 Å². The number of ether oxygens (including phenoxy) is 2. The summed E-state index contributed by atoms with van der Waals surface area (Å²) in [5.74, 6) is -0.139. The second-order valence-corrected chi connectivity index (χ2v) is 17.3. The second kappa shape index (κ2) is 38.4. The van der Waals surface area contributed by atoms with Gasteiger partial charge >= 0.3 is 0 Å². The molecule has 0 saturated carbocycles. The Hall–Kier alpha value is -0.810. The van der Waals surface area contributed by atoms with Crippen LogP contribution in [0, 0.1) is 0 Å². The van der Waals surface area contributed by atoms with Gasteiger partial charge in [0.25, 0.3) is 0 Å². The van der Waals surface area contributed by atoms with Gasteiger partial charge in [-0.2, -0.15) is 0 Å². The minimum atomic E-state index is -1.55. The van der Waals surface area contributed by atoms with E-state index in [0.29, 0.717) is 12.8 Å². The average Bonchev–Trinajstić information content (AvgIpc) is 3.20. The molecule has 1 fully saturated rings. The van der Waals surface area contributed by atoms with Crippen molar-refractivity contribution in [3.63, 3.8) is 0 Å². The monoisotopic (exact) mass is 800 g/mol. The molecule has 6 N–H and O–H groups in total. The van der Waals surface area contributed by atoms with E-state index in [2.05, 4.69) is 19.2 Å². The first-order valence-electron chi connectivity index (χ1n) is 24.2. The van der Waals surface area contributed by atoms with Gasteiger partial charge in [-0.15, -0.1) is 0 Å². The molecule has 0 spiro atoms. The van der Waals surface area contributed by atoms with Gasteiger partial charge in [-0.1, -0.05) is 219 Å². The van der Waals surface area contributed by atoms with Crippen molar-refractivity contribution in [1.29, 1.82) is 0 Å². The Morgan fingerprint density at radius 2 is 0.893 bits per heavy atom. The number of hydrogen-bond donors (Lipinski definition) is 6. The fraction of sp³-hybridized carbons (Fsp3) is 0.979. The number of aliphatic hydroxyl groups excluding tert-OH is 5. The fourth-order valence-electron chi connectivity index (χ4n) is 8.04. The normalized spacial score (nSPS) is 21.0. The van der Waals surface area contributed by atoms with Crippen molar-refractivity contribution in [2.45, 2.75) is 281 Å². The third-order valence-electron chi connectivity index (χ3n) is 12.0. The summed E-state index contributed by atoms with van der Waals surface area (Å²) in [7, 11) is 0. The highest BCUT2D eigenvalue weighted by molar-refractivity contribution is 5.76. The van der Waals surface area contributed by atoms with Crippen molar-refractivity contribution in [1.82, 2.24) is 5.32 Å². The van der Waals surface area contributed by atoms with Gasteiger partial charge in [0.1, 0.15) is 24.4 Å². The fourth-order valence-corrected chi connectivity index (χ4v) is 8.04. The van der Waals surface area contributed by atoms with Crippen molar-refractivity contribution >= 4 is 5.91 Å². The molecule has 0 aromatic heterocycles. The second-order valence-electron chi connectivity index (χ2n) is 17.3.